The van der Waals surface area contributed by atoms with Crippen LogP contribution in [-0.2, 0) is 17.8 Å². The average Bonchev–Trinajstić information content (AvgIpc) is 3.26. The molecule has 0 atom stereocenters. The number of benzene rings is 2. The van der Waals surface area contributed by atoms with Gasteiger partial charge in [-0.05, 0) is 49.7 Å². The molecular formula is C23H27N3O5. The molecule has 0 aliphatic carbocycles. The van der Waals surface area contributed by atoms with E-state index in [1.807, 2.05) is 44.2 Å². The summed E-state index contributed by atoms with van der Waals surface area (Å²) < 4.78 is 21.2. The maximum absolute atomic E-state index is 12.9. The van der Waals surface area contributed by atoms with Crippen molar-refractivity contribution in [2.45, 2.75) is 32.9 Å². The van der Waals surface area contributed by atoms with Crippen LogP contribution in [0.4, 0.5) is 0 Å². The molecule has 1 heterocycles. The van der Waals surface area contributed by atoms with Crippen LogP contribution in [0.1, 0.15) is 25.3 Å². The van der Waals surface area contributed by atoms with Crippen molar-refractivity contribution in [3.05, 3.63) is 53.9 Å². The molecule has 1 aromatic heterocycles. The van der Waals surface area contributed by atoms with Gasteiger partial charge in [-0.3, -0.25) is 4.79 Å². The Morgan fingerprint density at radius 3 is 2.32 bits per heavy atom. The van der Waals surface area contributed by atoms with E-state index in [1.165, 1.54) is 0 Å². The van der Waals surface area contributed by atoms with Gasteiger partial charge in [-0.2, -0.15) is 4.98 Å². The number of methoxy groups -OCH3 is 3. The van der Waals surface area contributed by atoms with Gasteiger partial charge in [0.1, 0.15) is 12.3 Å². The monoisotopic (exact) mass is 425 g/mol. The molecule has 31 heavy (non-hydrogen) atoms. The standard InChI is InChI=1S/C23H27N3O5/c1-15(2)26(22(27)12-16-6-9-18(28-3)10-7-16)14-21-24-23(25-31-21)17-8-11-19(29-4)20(13-17)30-5/h6-11,13,15H,12,14H2,1-5H3. The summed E-state index contributed by atoms with van der Waals surface area (Å²) in [5.41, 5.74) is 1.64. The van der Waals surface area contributed by atoms with Crippen molar-refractivity contribution in [2.24, 2.45) is 0 Å². The molecule has 8 nitrogen and oxygen atoms in total. The fraction of sp³-hybridized carbons (Fsp3) is 0.348. The smallest absolute Gasteiger partial charge is 0.246 e. The van der Waals surface area contributed by atoms with Gasteiger partial charge >= 0.3 is 0 Å². The molecule has 0 saturated carbocycles. The van der Waals surface area contributed by atoms with Crippen molar-refractivity contribution < 1.29 is 23.5 Å². The first kappa shape index (κ1) is 22.1. The number of rotatable bonds is 9. The highest BCUT2D eigenvalue weighted by Crippen LogP contribution is 2.31. The van der Waals surface area contributed by atoms with Crippen LogP contribution in [0.25, 0.3) is 11.4 Å². The molecule has 0 aliphatic heterocycles. The van der Waals surface area contributed by atoms with E-state index in [0.29, 0.717) is 23.2 Å². The zero-order valence-corrected chi connectivity index (χ0v) is 18.4. The second-order valence-electron chi connectivity index (χ2n) is 7.22. The van der Waals surface area contributed by atoms with Crippen molar-refractivity contribution in [1.29, 1.82) is 0 Å². The first-order valence-electron chi connectivity index (χ1n) is 9.92. The second-order valence-corrected chi connectivity index (χ2v) is 7.22. The van der Waals surface area contributed by atoms with Crippen LogP contribution in [0, 0.1) is 0 Å². The van der Waals surface area contributed by atoms with Crippen molar-refractivity contribution in [1.82, 2.24) is 15.0 Å². The van der Waals surface area contributed by atoms with Crippen LogP contribution in [0.5, 0.6) is 17.2 Å². The van der Waals surface area contributed by atoms with E-state index >= 15 is 0 Å². The topological polar surface area (TPSA) is 86.9 Å². The summed E-state index contributed by atoms with van der Waals surface area (Å²) in [6, 6.07) is 12.8. The molecule has 2 aromatic carbocycles. The summed E-state index contributed by atoms with van der Waals surface area (Å²) in [5.74, 6) is 2.70. The van der Waals surface area contributed by atoms with Gasteiger partial charge < -0.3 is 23.6 Å². The Morgan fingerprint density at radius 1 is 1.00 bits per heavy atom. The number of carbonyl (C=O) groups excluding carboxylic acids is 1. The van der Waals surface area contributed by atoms with Gasteiger partial charge in [0.25, 0.3) is 0 Å². The lowest BCUT2D eigenvalue weighted by molar-refractivity contribution is -0.133. The molecule has 3 rings (SSSR count). The van der Waals surface area contributed by atoms with Crippen molar-refractivity contribution in [2.75, 3.05) is 21.3 Å². The molecule has 0 aliphatic rings. The highest BCUT2D eigenvalue weighted by molar-refractivity contribution is 5.79. The average molecular weight is 425 g/mol. The maximum Gasteiger partial charge on any atom is 0.246 e. The predicted octanol–water partition coefficient (Wildman–Crippen LogP) is 3.74. The van der Waals surface area contributed by atoms with Crippen molar-refractivity contribution in [3.63, 3.8) is 0 Å². The summed E-state index contributed by atoms with van der Waals surface area (Å²) in [7, 11) is 4.76. The van der Waals surface area contributed by atoms with E-state index in [9.17, 15) is 4.79 Å². The van der Waals surface area contributed by atoms with Crippen molar-refractivity contribution in [3.8, 4) is 28.6 Å². The normalized spacial score (nSPS) is 10.8. The van der Waals surface area contributed by atoms with Gasteiger partial charge in [0.15, 0.2) is 11.5 Å². The molecule has 164 valence electrons. The summed E-state index contributed by atoms with van der Waals surface area (Å²) in [6.07, 6.45) is 0.277. The highest BCUT2D eigenvalue weighted by atomic mass is 16.5. The van der Waals surface area contributed by atoms with E-state index in [1.54, 1.807) is 38.4 Å². The number of carbonyl (C=O) groups is 1. The number of aromatic nitrogens is 2. The lowest BCUT2D eigenvalue weighted by Gasteiger charge is -2.25. The van der Waals surface area contributed by atoms with Crippen LogP contribution in [-0.4, -0.2) is 48.3 Å². The van der Waals surface area contributed by atoms with Gasteiger partial charge in [-0.1, -0.05) is 17.3 Å². The third kappa shape index (κ3) is 5.33. The summed E-state index contributed by atoms with van der Waals surface area (Å²) in [6.45, 7) is 4.14. The molecular weight excluding hydrogens is 398 g/mol. The Kier molecular flexibility index (Phi) is 7.12. The minimum Gasteiger partial charge on any atom is -0.497 e. The zero-order valence-electron chi connectivity index (χ0n) is 18.4. The summed E-state index contributed by atoms with van der Waals surface area (Å²) in [4.78, 5) is 19.1. The van der Waals surface area contributed by atoms with E-state index in [0.717, 1.165) is 16.9 Å². The van der Waals surface area contributed by atoms with Crippen LogP contribution >= 0.6 is 0 Å². The van der Waals surface area contributed by atoms with Gasteiger partial charge in [0.2, 0.25) is 17.6 Å². The Labute approximate surface area is 181 Å². The first-order valence-corrected chi connectivity index (χ1v) is 9.92. The number of amides is 1. The molecule has 1 amide bonds. The van der Waals surface area contributed by atoms with Crippen molar-refractivity contribution >= 4 is 5.91 Å². The Bertz CT molecular complexity index is 1010. The predicted molar refractivity (Wildman–Crippen MR) is 115 cm³/mol. The molecule has 0 N–H and O–H groups in total. The van der Waals surface area contributed by atoms with Gasteiger partial charge in [-0.25, -0.2) is 0 Å². The first-order chi connectivity index (χ1) is 14.9. The molecule has 0 fully saturated rings. The molecule has 0 spiro atoms. The minimum absolute atomic E-state index is 0.0222. The molecule has 8 heteroatoms. The molecule has 0 unspecified atom stereocenters. The number of nitrogens with zero attached hydrogens (tertiary/aromatic N) is 3. The van der Waals surface area contributed by atoms with E-state index in [-0.39, 0.29) is 24.9 Å². The Morgan fingerprint density at radius 2 is 1.71 bits per heavy atom. The lowest BCUT2D eigenvalue weighted by atomic mass is 10.1. The minimum atomic E-state index is -0.0258. The zero-order chi connectivity index (χ0) is 22.4. The number of ether oxygens (including phenoxy) is 3. The quantitative estimate of drug-likeness (QED) is 0.516. The van der Waals surface area contributed by atoms with Crippen LogP contribution in [0.2, 0.25) is 0 Å². The second kappa shape index (κ2) is 9.97. The fourth-order valence-electron chi connectivity index (χ4n) is 3.14. The lowest BCUT2D eigenvalue weighted by Crippen LogP contribution is -2.37. The third-order valence-electron chi connectivity index (χ3n) is 4.87. The van der Waals surface area contributed by atoms with Crippen LogP contribution < -0.4 is 14.2 Å². The fourth-order valence-corrected chi connectivity index (χ4v) is 3.14. The van der Waals surface area contributed by atoms with E-state index < -0.39 is 0 Å². The largest absolute Gasteiger partial charge is 0.497 e. The Balaban J connectivity index is 1.73. The third-order valence-corrected chi connectivity index (χ3v) is 4.87. The highest BCUT2D eigenvalue weighted by Gasteiger charge is 2.21. The van der Waals surface area contributed by atoms with E-state index in [4.69, 9.17) is 18.7 Å². The van der Waals surface area contributed by atoms with Gasteiger partial charge in [-0.15, -0.1) is 0 Å². The number of hydrogen-bond acceptors (Lipinski definition) is 7. The van der Waals surface area contributed by atoms with Crippen LogP contribution in [0.15, 0.2) is 47.0 Å². The SMILES string of the molecule is COc1ccc(CC(=O)N(Cc2nc(-c3ccc(OC)c(OC)c3)no2)C(C)C)cc1. The maximum atomic E-state index is 12.9. The molecule has 0 bridgehead atoms. The molecule has 0 saturated heterocycles. The Hall–Kier alpha value is -3.55. The van der Waals surface area contributed by atoms with Crippen LogP contribution in [0.3, 0.4) is 0 Å². The molecule has 3 aromatic rings. The number of hydrogen-bond donors (Lipinski definition) is 0. The summed E-state index contributed by atoms with van der Waals surface area (Å²) in [5, 5.41) is 4.06. The summed E-state index contributed by atoms with van der Waals surface area (Å²) >= 11 is 0. The van der Waals surface area contributed by atoms with Gasteiger partial charge in [0.05, 0.1) is 27.8 Å². The van der Waals surface area contributed by atoms with Gasteiger partial charge in [0, 0.05) is 11.6 Å². The molecule has 0 radical (unpaired) electrons. The van der Waals surface area contributed by atoms with E-state index in [2.05, 4.69) is 10.1 Å².